The lowest BCUT2D eigenvalue weighted by atomic mass is 9.91. The highest BCUT2D eigenvalue weighted by molar-refractivity contribution is 5.93. The molecular formula is C9H15NO. The van der Waals surface area contributed by atoms with E-state index in [1.54, 1.807) is 7.05 Å². The van der Waals surface area contributed by atoms with Crippen LogP contribution in [-0.2, 0) is 4.79 Å². The van der Waals surface area contributed by atoms with Gasteiger partial charge < -0.3 is 5.32 Å². The molecule has 1 amide bonds. The Hall–Kier alpha value is -0.790. The quantitative estimate of drug-likeness (QED) is 0.607. The van der Waals surface area contributed by atoms with E-state index < -0.39 is 0 Å². The first-order valence-electron chi connectivity index (χ1n) is 4.15. The fourth-order valence-corrected chi connectivity index (χ4v) is 1.33. The molecule has 11 heavy (non-hydrogen) atoms. The fourth-order valence-electron chi connectivity index (χ4n) is 1.33. The Morgan fingerprint density at radius 2 is 2.45 bits per heavy atom. The molecule has 1 rings (SSSR count). The smallest absolute Gasteiger partial charge is 0.246 e. The van der Waals surface area contributed by atoms with Crippen LogP contribution in [0.3, 0.4) is 0 Å². The summed E-state index contributed by atoms with van der Waals surface area (Å²) in [4.78, 5) is 11.1. The normalized spacial score (nSPS) is 24.2. The second kappa shape index (κ2) is 3.56. The molecule has 1 unspecified atom stereocenters. The summed E-state index contributed by atoms with van der Waals surface area (Å²) in [5.41, 5.74) is 0.964. The molecule has 0 aliphatic heterocycles. The fraction of sp³-hybridized carbons (Fsp3) is 0.667. The van der Waals surface area contributed by atoms with Crippen LogP contribution in [0.5, 0.6) is 0 Å². The Bertz CT molecular complexity index is 184. The van der Waals surface area contributed by atoms with Crippen molar-refractivity contribution in [2.45, 2.75) is 26.2 Å². The minimum absolute atomic E-state index is 0.0944. The molecule has 0 spiro atoms. The van der Waals surface area contributed by atoms with Gasteiger partial charge in [-0.1, -0.05) is 13.0 Å². The van der Waals surface area contributed by atoms with Crippen LogP contribution < -0.4 is 5.32 Å². The molecule has 1 aliphatic carbocycles. The zero-order valence-corrected chi connectivity index (χ0v) is 7.18. The number of carbonyl (C=O) groups excluding carboxylic acids is 1. The van der Waals surface area contributed by atoms with Gasteiger partial charge in [-0.05, 0) is 25.2 Å². The maximum atomic E-state index is 11.1. The molecule has 1 N–H and O–H groups in total. The maximum absolute atomic E-state index is 11.1. The van der Waals surface area contributed by atoms with Crippen molar-refractivity contribution in [2.24, 2.45) is 5.92 Å². The van der Waals surface area contributed by atoms with E-state index in [-0.39, 0.29) is 5.91 Å². The molecule has 1 atom stereocenters. The number of amides is 1. The van der Waals surface area contributed by atoms with Gasteiger partial charge in [-0.25, -0.2) is 0 Å². The molecule has 0 aromatic heterocycles. The standard InChI is InChI=1S/C9H15NO/c1-7-3-5-8(6-4-7)9(11)10-2/h5,7H,3-4,6H2,1-2H3,(H,10,11). The summed E-state index contributed by atoms with van der Waals surface area (Å²) in [6.07, 6.45) is 5.22. The summed E-state index contributed by atoms with van der Waals surface area (Å²) in [7, 11) is 1.68. The van der Waals surface area contributed by atoms with Crippen LogP contribution in [-0.4, -0.2) is 13.0 Å². The number of nitrogens with one attached hydrogen (secondary N) is 1. The number of carbonyl (C=O) groups is 1. The molecule has 0 fully saturated rings. The Kier molecular flexibility index (Phi) is 2.69. The zero-order valence-electron chi connectivity index (χ0n) is 7.18. The monoisotopic (exact) mass is 153 g/mol. The van der Waals surface area contributed by atoms with E-state index in [0.29, 0.717) is 0 Å². The third-order valence-electron chi connectivity index (χ3n) is 2.19. The van der Waals surface area contributed by atoms with E-state index in [1.165, 1.54) is 0 Å². The van der Waals surface area contributed by atoms with Gasteiger partial charge in [0.25, 0.3) is 0 Å². The van der Waals surface area contributed by atoms with Crippen molar-refractivity contribution >= 4 is 5.91 Å². The molecular weight excluding hydrogens is 138 g/mol. The lowest BCUT2D eigenvalue weighted by molar-refractivity contribution is -0.117. The van der Waals surface area contributed by atoms with Crippen LogP contribution in [0.4, 0.5) is 0 Å². The summed E-state index contributed by atoms with van der Waals surface area (Å²) in [6.45, 7) is 2.22. The minimum Gasteiger partial charge on any atom is -0.355 e. The maximum Gasteiger partial charge on any atom is 0.246 e. The summed E-state index contributed by atoms with van der Waals surface area (Å²) < 4.78 is 0. The van der Waals surface area contributed by atoms with Gasteiger partial charge >= 0.3 is 0 Å². The van der Waals surface area contributed by atoms with Crippen LogP contribution in [0.1, 0.15) is 26.2 Å². The molecule has 0 aromatic rings. The van der Waals surface area contributed by atoms with Crippen molar-refractivity contribution in [1.29, 1.82) is 0 Å². The molecule has 0 radical (unpaired) electrons. The number of allylic oxidation sites excluding steroid dienone is 1. The van der Waals surface area contributed by atoms with Gasteiger partial charge in [0.1, 0.15) is 0 Å². The van der Waals surface area contributed by atoms with Gasteiger partial charge in [-0.3, -0.25) is 4.79 Å². The number of likely N-dealkylation sites (N-methyl/N-ethyl adjacent to an activating group) is 1. The van der Waals surface area contributed by atoms with Crippen LogP contribution in [0.15, 0.2) is 11.6 Å². The molecule has 0 bridgehead atoms. The van der Waals surface area contributed by atoms with E-state index in [4.69, 9.17) is 0 Å². The van der Waals surface area contributed by atoms with Gasteiger partial charge in [0.2, 0.25) is 5.91 Å². The van der Waals surface area contributed by atoms with Gasteiger partial charge in [0.15, 0.2) is 0 Å². The molecule has 0 saturated carbocycles. The Labute approximate surface area is 67.7 Å². The average molecular weight is 153 g/mol. The van der Waals surface area contributed by atoms with Gasteiger partial charge in [-0.2, -0.15) is 0 Å². The second-order valence-electron chi connectivity index (χ2n) is 3.19. The van der Waals surface area contributed by atoms with E-state index in [2.05, 4.69) is 18.3 Å². The largest absolute Gasteiger partial charge is 0.355 e. The van der Waals surface area contributed by atoms with Crippen LogP contribution >= 0.6 is 0 Å². The summed E-state index contributed by atoms with van der Waals surface area (Å²) >= 11 is 0. The van der Waals surface area contributed by atoms with E-state index in [9.17, 15) is 4.79 Å². The van der Waals surface area contributed by atoms with Gasteiger partial charge in [-0.15, -0.1) is 0 Å². The van der Waals surface area contributed by atoms with E-state index >= 15 is 0 Å². The van der Waals surface area contributed by atoms with Crippen molar-refractivity contribution in [2.75, 3.05) is 7.05 Å². The third-order valence-corrected chi connectivity index (χ3v) is 2.19. The molecule has 2 heteroatoms. The summed E-state index contributed by atoms with van der Waals surface area (Å²) in [5.74, 6) is 0.848. The Morgan fingerprint density at radius 3 is 2.91 bits per heavy atom. The molecule has 0 heterocycles. The van der Waals surface area contributed by atoms with Crippen molar-refractivity contribution < 1.29 is 4.79 Å². The lowest BCUT2D eigenvalue weighted by Gasteiger charge is -2.16. The first-order valence-corrected chi connectivity index (χ1v) is 4.15. The van der Waals surface area contributed by atoms with Crippen molar-refractivity contribution in [1.82, 2.24) is 5.32 Å². The molecule has 1 aliphatic rings. The van der Waals surface area contributed by atoms with Crippen LogP contribution in [0.25, 0.3) is 0 Å². The SMILES string of the molecule is CNC(=O)C1=CCC(C)CC1. The summed E-state index contributed by atoms with van der Waals surface area (Å²) in [6, 6.07) is 0. The van der Waals surface area contributed by atoms with Crippen molar-refractivity contribution in [3.8, 4) is 0 Å². The number of hydrogen-bond donors (Lipinski definition) is 1. The minimum atomic E-state index is 0.0944. The van der Waals surface area contributed by atoms with Crippen molar-refractivity contribution in [3.05, 3.63) is 11.6 Å². The van der Waals surface area contributed by atoms with E-state index in [1.807, 2.05) is 0 Å². The lowest BCUT2D eigenvalue weighted by Crippen LogP contribution is -2.22. The number of rotatable bonds is 1. The molecule has 62 valence electrons. The van der Waals surface area contributed by atoms with Gasteiger partial charge in [0.05, 0.1) is 0 Å². The Morgan fingerprint density at radius 1 is 1.73 bits per heavy atom. The predicted molar refractivity (Wildman–Crippen MR) is 45.2 cm³/mol. The highest BCUT2D eigenvalue weighted by atomic mass is 16.1. The predicted octanol–water partition coefficient (Wildman–Crippen LogP) is 1.48. The van der Waals surface area contributed by atoms with Crippen molar-refractivity contribution in [3.63, 3.8) is 0 Å². The molecule has 0 aromatic carbocycles. The molecule has 0 saturated heterocycles. The summed E-state index contributed by atoms with van der Waals surface area (Å²) in [5, 5.41) is 2.64. The first kappa shape index (κ1) is 8.31. The topological polar surface area (TPSA) is 29.1 Å². The van der Waals surface area contributed by atoms with Crippen LogP contribution in [0.2, 0.25) is 0 Å². The van der Waals surface area contributed by atoms with E-state index in [0.717, 1.165) is 30.8 Å². The first-order chi connectivity index (χ1) is 5.24. The Balaban J connectivity index is 2.54. The average Bonchev–Trinajstić information content (AvgIpc) is 2.05. The third kappa shape index (κ3) is 2.07. The highest BCUT2D eigenvalue weighted by Crippen LogP contribution is 2.22. The number of hydrogen-bond acceptors (Lipinski definition) is 1. The van der Waals surface area contributed by atoms with Gasteiger partial charge in [0, 0.05) is 12.6 Å². The zero-order chi connectivity index (χ0) is 8.27. The second-order valence-corrected chi connectivity index (χ2v) is 3.19. The molecule has 2 nitrogen and oxygen atoms in total. The van der Waals surface area contributed by atoms with Crippen LogP contribution in [0, 0.1) is 5.92 Å². The highest BCUT2D eigenvalue weighted by Gasteiger charge is 2.14.